The van der Waals surface area contributed by atoms with E-state index in [2.05, 4.69) is 10.3 Å². The van der Waals surface area contributed by atoms with Gasteiger partial charge in [0.05, 0.1) is 16.8 Å². The summed E-state index contributed by atoms with van der Waals surface area (Å²) in [4.78, 5) is 4.33. The molecule has 0 saturated heterocycles. The van der Waals surface area contributed by atoms with Crippen LogP contribution in [0.1, 0.15) is 17.3 Å². The Hall–Kier alpha value is -0.800. The molecule has 0 amide bonds. The maximum atomic E-state index is 6.19. The minimum Gasteiger partial charge on any atom is -0.311 e. The van der Waals surface area contributed by atoms with Gasteiger partial charge in [0, 0.05) is 16.2 Å². The minimum atomic E-state index is 0.00683. The molecule has 1 atom stereocenters. The van der Waals surface area contributed by atoms with Crippen molar-refractivity contribution < 1.29 is 0 Å². The number of hydrogen-bond donors (Lipinski definition) is 1. The molecule has 5 heteroatoms. The molecule has 19 heavy (non-hydrogen) atoms. The van der Waals surface area contributed by atoms with Crippen molar-refractivity contribution in [2.24, 2.45) is 0 Å². The van der Waals surface area contributed by atoms with Crippen LogP contribution in [0.5, 0.6) is 0 Å². The van der Waals surface area contributed by atoms with E-state index in [9.17, 15) is 0 Å². The number of nitrogens with zero attached hydrogens (tertiary/aromatic N) is 1. The maximum Gasteiger partial charge on any atom is 0.0762 e. The largest absolute Gasteiger partial charge is 0.311 e. The second-order valence-electron chi connectivity index (χ2n) is 4.15. The van der Waals surface area contributed by atoms with Crippen molar-refractivity contribution in [1.82, 2.24) is 10.3 Å². The number of pyridine rings is 1. The highest BCUT2D eigenvalue weighted by molar-refractivity contribution is 6.35. The standard InChI is InChI=1S/C14H13Cl3N2/c1-18-13(14-11(16)3-2-6-19-14)7-9-4-5-10(15)8-12(9)17/h2-6,8,13,18H,7H2,1H3. The quantitative estimate of drug-likeness (QED) is 0.895. The summed E-state index contributed by atoms with van der Waals surface area (Å²) in [6.45, 7) is 0. The highest BCUT2D eigenvalue weighted by atomic mass is 35.5. The fourth-order valence-corrected chi connectivity index (χ4v) is 2.64. The number of likely N-dealkylation sites (N-methyl/N-ethyl adjacent to an activating group) is 1. The molecule has 2 rings (SSSR count). The molecule has 1 N–H and O–H groups in total. The van der Waals surface area contributed by atoms with Gasteiger partial charge < -0.3 is 5.32 Å². The van der Waals surface area contributed by atoms with Crippen LogP contribution in [0, 0.1) is 0 Å². The molecule has 0 aliphatic heterocycles. The highest BCUT2D eigenvalue weighted by Gasteiger charge is 2.16. The molecule has 0 radical (unpaired) electrons. The number of aromatic nitrogens is 1. The van der Waals surface area contributed by atoms with E-state index in [0.717, 1.165) is 11.3 Å². The first-order valence-corrected chi connectivity index (χ1v) is 6.97. The van der Waals surface area contributed by atoms with E-state index in [1.807, 2.05) is 31.3 Å². The molecule has 0 aliphatic carbocycles. The Labute approximate surface area is 127 Å². The third-order valence-corrected chi connectivity index (χ3v) is 3.81. The molecule has 1 aromatic heterocycles. The van der Waals surface area contributed by atoms with Crippen molar-refractivity contribution in [2.75, 3.05) is 7.05 Å². The van der Waals surface area contributed by atoms with Gasteiger partial charge in [-0.3, -0.25) is 4.98 Å². The zero-order valence-corrected chi connectivity index (χ0v) is 12.6. The van der Waals surface area contributed by atoms with Crippen LogP contribution in [-0.2, 0) is 6.42 Å². The summed E-state index contributed by atoms with van der Waals surface area (Å²) in [5.41, 5.74) is 1.82. The molecule has 2 nitrogen and oxygen atoms in total. The van der Waals surface area contributed by atoms with Gasteiger partial charge in [0.2, 0.25) is 0 Å². The lowest BCUT2D eigenvalue weighted by atomic mass is 10.0. The van der Waals surface area contributed by atoms with E-state index in [4.69, 9.17) is 34.8 Å². The molecule has 0 bridgehead atoms. The lowest BCUT2D eigenvalue weighted by molar-refractivity contribution is 0.576. The van der Waals surface area contributed by atoms with Crippen LogP contribution in [-0.4, -0.2) is 12.0 Å². The van der Waals surface area contributed by atoms with E-state index in [1.165, 1.54) is 0 Å². The Kier molecular flexibility index (Phi) is 5.06. The fraction of sp³-hybridized carbons (Fsp3) is 0.214. The second kappa shape index (κ2) is 6.58. The molecule has 0 fully saturated rings. The molecule has 1 unspecified atom stereocenters. The average molecular weight is 316 g/mol. The average Bonchev–Trinajstić information content (AvgIpc) is 2.39. The number of halogens is 3. The summed E-state index contributed by atoms with van der Waals surface area (Å²) in [7, 11) is 1.87. The topological polar surface area (TPSA) is 24.9 Å². The van der Waals surface area contributed by atoms with E-state index in [0.29, 0.717) is 21.5 Å². The van der Waals surface area contributed by atoms with Crippen molar-refractivity contribution in [2.45, 2.75) is 12.5 Å². The van der Waals surface area contributed by atoms with E-state index in [1.54, 1.807) is 12.3 Å². The first-order chi connectivity index (χ1) is 9.11. The Balaban J connectivity index is 2.27. The predicted octanol–water partition coefficient (Wildman–Crippen LogP) is 4.55. The molecule has 2 aromatic rings. The van der Waals surface area contributed by atoms with Crippen molar-refractivity contribution in [1.29, 1.82) is 0 Å². The van der Waals surface area contributed by atoms with Crippen LogP contribution in [0.4, 0.5) is 0 Å². The zero-order chi connectivity index (χ0) is 13.8. The smallest absolute Gasteiger partial charge is 0.0762 e. The van der Waals surface area contributed by atoms with Crippen molar-refractivity contribution in [3.63, 3.8) is 0 Å². The molecule has 1 aromatic carbocycles. The molecule has 0 aliphatic rings. The number of benzene rings is 1. The van der Waals surface area contributed by atoms with Crippen LogP contribution in [0.3, 0.4) is 0 Å². The van der Waals surface area contributed by atoms with Crippen LogP contribution in [0.15, 0.2) is 36.5 Å². The van der Waals surface area contributed by atoms with Gasteiger partial charge in [-0.1, -0.05) is 40.9 Å². The monoisotopic (exact) mass is 314 g/mol. The summed E-state index contributed by atoms with van der Waals surface area (Å²) in [6.07, 6.45) is 2.43. The molecule has 0 spiro atoms. The molecular weight excluding hydrogens is 303 g/mol. The minimum absolute atomic E-state index is 0.00683. The van der Waals surface area contributed by atoms with Gasteiger partial charge in [0.1, 0.15) is 0 Å². The summed E-state index contributed by atoms with van der Waals surface area (Å²) < 4.78 is 0. The molecule has 100 valence electrons. The first kappa shape index (κ1) is 14.6. The number of nitrogens with one attached hydrogen (secondary N) is 1. The fourth-order valence-electron chi connectivity index (χ4n) is 1.90. The van der Waals surface area contributed by atoms with E-state index < -0.39 is 0 Å². The summed E-state index contributed by atoms with van der Waals surface area (Å²) >= 11 is 18.3. The third-order valence-electron chi connectivity index (χ3n) is 2.90. The number of rotatable bonds is 4. The molecule has 1 heterocycles. The molecular formula is C14H13Cl3N2. The van der Waals surface area contributed by atoms with Gasteiger partial charge in [-0.15, -0.1) is 0 Å². The lowest BCUT2D eigenvalue weighted by Crippen LogP contribution is -2.20. The Morgan fingerprint density at radius 1 is 1.16 bits per heavy atom. The van der Waals surface area contributed by atoms with Crippen LogP contribution in [0.2, 0.25) is 15.1 Å². The summed E-state index contributed by atoms with van der Waals surface area (Å²) in [6, 6.07) is 9.14. The lowest BCUT2D eigenvalue weighted by Gasteiger charge is -2.17. The van der Waals surface area contributed by atoms with Gasteiger partial charge >= 0.3 is 0 Å². The van der Waals surface area contributed by atoms with Crippen LogP contribution < -0.4 is 5.32 Å². The normalized spacial score (nSPS) is 12.4. The predicted molar refractivity (Wildman–Crippen MR) is 81.2 cm³/mol. The van der Waals surface area contributed by atoms with Gasteiger partial charge in [-0.05, 0) is 43.3 Å². The van der Waals surface area contributed by atoms with Crippen LogP contribution >= 0.6 is 34.8 Å². The second-order valence-corrected chi connectivity index (χ2v) is 5.40. The summed E-state index contributed by atoms with van der Waals surface area (Å²) in [5.74, 6) is 0. The van der Waals surface area contributed by atoms with Gasteiger partial charge in [0.25, 0.3) is 0 Å². The maximum absolute atomic E-state index is 6.19. The Morgan fingerprint density at radius 3 is 2.58 bits per heavy atom. The van der Waals surface area contributed by atoms with Gasteiger partial charge in [-0.2, -0.15) is 0 Å². The molecule has 0 saturated carbocycles. The van der Waals surface area contributed by atoms with Crippen LogP contribution in [0.25, 0.3) is 0 Å². The van der Waals surface area contributed by atoms with E-state index in [-0.39, 0.29) is 6.04 Å². The Morgan fingerprint density at radius 2 is 1.95 bits per heavy atom. The van der Waals surface area contributed by atoms with Gasteiger partial charge in [-0.25, -0.2) is 0 Å². The third kappa shape index (κ3) is 3.61. The van der Waals surface area contributed by atoms with E-state index >= 15 is 0 Å². The first-order valence-electron chi connectivity index (χ1n) is 5.83. The van der Waals surface area contributed by atoms with Crippen molar-refractivity contribution in [3.05, 3.63) is 62.9 Å². The number of hydrogen-bond acceptors (Lipinski definition) is 2. The zero-order valence-electron chi connectivity index (χ0n) is 10.3. The van der Waals surface area contributed by atoms with Crippen molar-refractivity contribution >= 4 is 34.8 Å². The van der Waals surface area contributed by atoms with Gasteiger partial charge in [0.15, 0.2) is 0 Å². The Bertz CT molecular complexity index is 572. The SMILES string of the molecule is CNC(Cc1ccc(Cl)cc1Cl)c1ncccc1Cl. The highest BCUT2D eigenvalue weighted by Crippen LogP contribution is 2.27. The van der Waals surface area contributed by atoms with Crippen molar-refractivity contribution in [3.8, 4) is 0 Å². The summed E-state index contributed by atoms with van der Waals surface area (Å²) in [5, 5.41) is 5.14.